The number of hydrogen-bond acceptors (Lipinski definition) is 2. The molecule has 1 aromatic rings. The SMILES string of the molecule is Cc1ccc(C(=O)N2CC3CCCC3C2C(=O)O)c(C)c1. The minimum absolute atomic E-state index is 0.130. The van der Waals surface area contributed by atoms with Gasteiger partial charge in [0.25, 0.3) is 5.91 Å². The summed E-state index contributed by atoms with van der Waals surface area (Å²) in [5.74, 6) is -0.491. The van der Waals surface area contributed by atoms with E-state index in [1.807, 2.05) is 32.0 Å². The number of benzene rings is 1. The predicted molar refractivity (Wildman–Crippen MR) is 79.2 cm³/mol. The summed E-state index contributed by atoms with van der Waals surface area (Å²) in [6.45, 7) is 4.49. The van der Waals surface area contributed by atoms with E-state index in [9.17, 15) is 14.7 Å². The van der Waals surface area contributed by atoms with Crippen LogP contribution in [0.3, 0.4) is 0 Å². The first-order chi connectivity index (χ1) is 9.99. The first kappa shape index (κ1) is 14.1. The zero-order chi connectivity index (χ0) is 15.1. The Labute approximate surface area is 124 Å². The lowest BCUT2D eigenvalue weighted by Gasteiger charge is -2.25. The van der Waals surface area contributed by atoms with Crippen LogP contribution in [0, 0.1) is 25.7 Å². The van der Waals surface area contributed by atoms with Crippen molar-refractivity contribution in [3.63, 3.8) is 0 Å². The quantitative estimate of drug-likeness (QED) is 0.909. The normalized spacial score (nSPS) is 27.7. The first-order valence-corrected chi connectivity index (χ1v) is 7.60. The molecule has 1 aliphatic carbocycles. The van der Waals surface area contributed by atoms with E-state index in [0.717, 1.165) is 30.4 Å². The number of carbonyl (C=O) groups excluding carboxylic acids is 1. The van der Waals surface area contributed by atoms with E-state index < -0.39 is 12.0 Å². The molecule has 112 valence electrons. The molecule has 3 atom stereocenters. The molecule has 1 amide bonds. The molecule has 0 spiro atoms. The molecule has 3 unspecified atom stereocenters. The number of hydrogen-bond donors (Lipinski definition) is 1. The molecule has 1 N–H and O–H groups in total. The molecule has 1 saturated heterocycles. The van der Waals surface area contributed by atoms with Gasteiger partial charge in [-0.25, -0.2) is 4.79 Å². The number of amides is 1. The Balaban J connectivity index is 1.91. The number of aryl methyl sites for hydroxylation is 2. The second kappa shape index (κ2) is 5.17. The zero-order valence-corrected chi connectivity index (χ0v) is 12.5. The van der Waals surface area contributed by atoms with Crippen molar-refractivity contribution in [2.75, 3.05) is 6.54 Å². The van der Waals surface area contributed by atoms with Gasteiger partial charge in [0, 0.05) is 12.1 Å². The minimum Gasteiger partial charge on any atom is -0.480 e. The van der Waals surface area contributed by atoms with Crippen molar-refractivity contribution in [2.45, 2.75) is 39.2 Å². The van der Waals surface area contributed by atoms with Gasteiger partial charge in [-0.15, -0.1) is 0 Å². The van der Waals surface area contributed by atoms with Crippen molar-refractivity contribution < 1.29 is 14.7 Å². The van der Waals surface area contributed by atoms with Gasteiger partial charge in [-0.2, -0.15) is 0 Å². The third-order valence-electron chi connectivity index (χ3n) is 5.02. The fraction of sp³-hybridized carbons (Fsp3) is 0.529. The Hall–Kier alpha value is -1.84. The van der Waals surface area contributed by atoms with Crippen LogP contribution >= 0.6 is 0 Å². The molecule has 2 aliphatic rings. The lowest BCUT2D eigenvalue weighted by Crippen LogP contribution is -2.43. The van der Waals surface area contributed by atoms with E-state index in [-0.39, 0.29) is 11.8 Å². The zero-order valence-electron chi connectivity index (χ0n) is 12.5. The molecule has 1 heterocycles. The summed E-state index contributed by atoms with van der Waals surface area (Å²) in [6, 6.07) is 5.05. The summed E-state index contributed by atoms with van der Waals surface area (Å²) in [5, 5.41) is 9.55. The monoisotopic (exact) mass is 287 g/mol. The number of carbonyl (C=O) groups is 2. The maximum atomic E-state index is 12.8. The molecule has 1 aromatic carbocycles. The summed E-state index contributed by atoms with van der Waals surface area (Å²) < 4.78 is 0. The van der Waals surface area contributed by atoms with Gasteiger partial charge in [0.15, 0.2) is 0 Å². The van der Waals surface area contributed by atoms with Crippen molar-refractivity contribution in [3.05, 3.63) is 34.9 Å². The number of carboxylic acids is 1. The number of rotatable bonds is 2. The Morgan fingerprint density at radius 3 is 2.67 bits per heavy atom. The molecule has 4 nitrogen and oxygen atoms in total. The van der Waals surface area contributed by atoms with E-state index in [0.29, 0.717) is 18.0 Å². The molecule has 3 rings (SSSR count). The van der Waals surface area contributed by atoms with Crippen LogP contribution in [-0.2, 0) is 4.79 Å². The highest BCUT2D eigenvalue weighted by atomic mass is 16.4. The predicted octanol–water partition coefficient (Wildman–Crippen LogP) is 2.63. The Bertz CT molecular complexity index is 596. The molecule has 2 fully saturated rings. The Kier molecular flexibility index (Phi) is 3.47. The summed E-state index contributed by atoms with van der Waals surface area (Å²) in [6.07, 6.45) is 3.06. The third-order valence-corrected chi connectivity index (χ3v) is 5.02. The summed E-state index contributed by atoms with van der Waals surface area (Å²) in [7, 11) is 0. The highest BCUT2D eigenvalue weighted by Crippen LogP contribution is 2.42. The maximum Gasteiger partial charge on any atom is 0.326 e. The van der Waals surface area contributed by atoms with E-state index >= 15 is 0 Å². The van der Waals surface area contributed by atoms with Crippen LogP contribution in [-0.4, -0.2) is 34.5 Å². The highest BCUT2D eigenvalue weighted by Gasteiger charge is 2.49. The number of aliphatic carboxylic acids is 1. The van der Waals surface area contributed by atoms with Crippen LogP contribution in [0.25, 0.3) is 0 Å². The van der Waals surface area contributed by atoms with Crippen molar-refractivity contribution in [2.24, 2.45) is 11.8 Å². The van der Waals surface area contributed by atoms with Gasteiger partial charge < -0.3 is 10.0 Å². The summed E-state index contributed by atoms with van der Waals surface area (Å²) in [5.41, 5.74) is 2.66. The first-order valence-electron chi connectivity index (χ1n) is 7.60. The Morgan fingerprint density at radius 2 is 2.00 bits per heavy atom. The van der Waals surface area contributed by atoms with Crippen LogP contribution in [0.1, 0.15) is 40.7 Å². The average molecular weight is 287 g/mol. The minimum atomic E-state index is -0.859. The van der Waals surface area contributed by atoms with Crippen molar-refractivity contribution in [1.29, 1.82) is 0 Å². The summed E-state index contributed by atoms with van der Waals surface area (Å²) in [4.78, 5) is 26.0. The van der Waals surface area contributed by atoms with Crippen molar-refractivity contribution in [1.82, 2.24) is 4.90 Å². The van der Waals surface area contributed by atoms with Gasteiger partial charge in [-0.05, 0) is 50.2 Å². The van der Waals surface area contributed by atoms with E-state index in [2.05, 4.69) is 0 Å². The average Bonchev–Trinajstić information content (AvgIpc) is 2.96. The molecule has 0 aromatic heterocycles. The fourth-order valence-electron chi connectivity index (χ4n) is 4.04. The second-order valence-corrected chi connectivity index (χ2v) is 6.41. The molecular weight excluding hydrogens is 266 g/mol. The summed E-state index contributed by atoms with van der Waals surface area (Å²) >= 11 is 0. The molecule has 1 saturated carbocycles. The fourth-order valence-corrected chi connectivity index (χ4v) is 4.04. The van der Waals surface area contributed by atoms with Crippen LogP contribution in [0.4, 0.5) is 0 Å². The third kappa shape index (κ3) is 2.33. The number of likely N-dealkylation sites (tertiary alicyclic amines) is 1. The van der Waals surface area contributed by atoms with E-state index in [1.165, 1.54) is 0 Å². The van der Waals surface area contributed by atoms with Crippen molar-refractivity contribution in [3.8, 4) is 0 Å². The van der Waals surface area contributed by atoms with Crippen LogP contribution in [0.5, 0.6) is 0 Å². The van der Waals surface area contributed by atoms with Gasteiger partial charge in [0.2, 0.25) is 0 Å². The van der Waals surface area contributed by atoms with Crippen molar-refractivity contribution >= 4 is 11.9 Å². The number of nitrogens with zero attached hydrogens (tertiary/aromatic N) is 1. The highest BCUT2D eigenvalue weighted by molar-refractivity contribution is 5.98. The van der Waals surface area contributed by atoms with Gasteiger partial charge in [-0.3, -0.25) is 4.79 Å². The van der Waals surface area contributed by atoms with Crippen LogP contribution in [0.15, 0.2) is 18.2 Å². The van der Waals surface area contributed by atoms with Gasteiger partial charge in [0.05, 0.1) is 0 Å². The smallest absolute Gasteiger partial charge is 0.326 e. The lowest BCUT2D eigenvalue weighted by atomic mass is 9.94. The van der Waals surface area contributed by atoms with Crippen LogP contribution < -0.4 is 0 Å². The lowest BCUT2D eigenvalue weighted by molar-refractivity contribution is -0.142. The van der Waals surface area contributed by atoms with Gasteiger partial charge >= 0.3 is 5.97 Å². The Morgan fingerprint density at radius 1 is 1.24 bits per heavy atom. The topological polar surface area (TPSA) is 57.6 Å². The maximum absolute atomic E-state index is 12.8. The largest absolute Gasteiger partial charge is 0.480 e. The van der Waals surface area contributed by atoms with E-state index in [4.69, 9.17) is 0 Å². The molecule has 4 heteroatoms. The van der Waals surface area contributed by atoms with Crippen LogP contribution in [0.2, 0.25) is 0 Å². The number of fused-ring (bicyclic) bond motifs is 1. The van der Waals surface area contributed by atoms with Gasteiger partial charge in [0.1, 0.15) is 6.04 Å². The molecule has 0 radical (unpaired) electrons. The molecular formula is C17H21NO3. The molecule has 1 aliphatic heterocycles. The second-order valence-electron chi connectivity index (χ2n) is 6.41. The standard InChI is InChI=1S/C17H21NO3/c1-10-6-7-13(11(2)8-10)16(19)18-9-12-4-3-5-14(12)15(18)17(20)21/h6-8,12,14-15H,3-5,9H2,1-2H3,(H,20,21). The molecule has 0 bridgehead atoms. The van der Waals surface area contributed by atoms with Gasteiger partial charge in [-0.1, -0.05) is 24.1 Å². The number of carboxylic acid groups (broad SMARTS) is 1. The molecule has 21 heavy (non-hydrogen) atoms. The van der Waals surface area contributed by atoms with E-state index in [1.54, 1.807) is 4.90 Å².